The van der Waals surface area contributed by atoms with E-state index in [1.807, 2.05) is 6.07 Å². The van der Waals surface area contributed by atoms with Gasteiger partial charge in [-0.05, 0) is 17.5 Å². The standard InChI is InChI=1S/C15H11NO5/c1-19-15-12-7-3-2-4-8-11(7)9(14(18)16-13(8)17)5-10(12)20-6-21-15/h2-5,15H,6H2,1H3,(H,16,17,18). The summed E-state index contributed by atoms with van der Waals surface area (Å²) in [5, 5.41) is 3.67. The number of ether oxygens (including phenoxy) is 3. The van der Waals surface area contributed by atoms with Gasteiger partial charge in [0.2, 0.25) is 0 Å². The zero-order chi connectivity index (χ0) is 14.6. The molecule has 2 aliphatic rings. The summed E-state index contributed by atoms with van der Waals surface area (Å²) in [5.74, 6) is -0.280. The van der Waals surface area contributed by atoms with E-state index in [1.54, 1.807) is 18.2 Å². The Balaban J connectivity index is 2.15. The first-order chi connectivity index (χ1) is 10.2. The SMILES string of the molecule is COC1OCOc2cc3c4c(cccc4c21)C(=O)NC3=O. The predicted molar refractivity (Wildman–Crippen MR) is 72.1 cm³/mol. The molecule has 2 aromatic rings. The van der Waals surface area contributed by atoms with Crippen LogP contribution in [0, 0.1) is 0 Å². The highest BCUT2D eigenvalue weighted by molar-refractivity contribution is 6.26. The van der Waals surface area contributed by atoms with Crippen LogP contribution >= 0.6 is 0 Å². The molecule has 0 aromatic heterocycles. The Morgan fingerprint density at radius 2 is 2.05 bits per heavy atom. The molecule has 21 heavy (non-hydrogen) atoms. The smallest absolute Gasteiger partial charge is 0.258 e. The van der Waals surface area contributed by atoms with Gasteiger partial charge in [0.25, 0.3) is 11.8 Å². The number of benzene rings is 2. The van der Waals surface area contributed by atoms with Crippen molar-refractivity contribution in [3.63, 3.8) is 0 Å². The summed E-state index contributed by atoms with van der Waals surface area (Å²) in [6.45, 7) is 0.0523. The zero-order valence-electron chi connectivity index (χ0n) is 11.1. The fourth-order valence-corrected chi connectivity index (χ4v) is 2.88. The lowest BCUT2D eigenvalue weighted by molar-refractivity contribution is -0.179. The molecule has 2 aromatic carbocycles. The number of carbonyl (C=O) groups excluding carboxylic acids is 2. The Morgan fingerprint density at radius 1 is 1.24 bits per heavy atom. The molecule has 106 valence electrons. The van der Waals surface area contributed by atoms with Crippen LogP contribution in [0.3, 0.4) is 0 Å². The summed E-state index contributed by atoms with van der Waals surface area (Å²) in [5.41, 5.74) is 1.59. The van der Waals surface area contributed by atoms with Crippen molar-refractivity contribution < 1.29 is 23.8 Å². The van der Waals surface area contributed by atoms with Crippen molar-refractivity contribution in [1.29, 1.82) is 0 Å². The summed E-state index contributed by atoms with van der Waals surface area (Å²) in [6, 6.07) is 6.92. The molecular weight excluding hydrogens is 274 g/mol. The maximum atomic E-state index is 12.1. The molecule has 0 saturated heterocycles. The number of methoxy groups -OCH3 is 1. The van der Waals surface area contributed by atoms with E-state index in [1.165, 1.54) is 7.11 Å². The Hall–Kier alpha value is -2.44. The van der Waals surface area contributed by atoms with Gasteiger partial charge in [-0.25, -0.2) is 0 Å². The second-order valence-electron chi connectivity index (χ2n) is 4.84. The van der Waals surface area contributed by atoms with Crippen molar-refractivity contribution in [1.82, 2.24) is 5.32 Å². The Kier molecular flexibility index (Phi) is 2.51. The minimum Gasteiger partial charge on any atom is -0.467 e. The van der Waals surface area contributed by atoms with Crippen molar-refractivity contribution in [3.8, 4) is 5.75 Å². The second-order valence-corrected chi connectivity index (χ2v) is 4.84. The van der Waals surface area contributed by atoms with Gasteiger partial charge in [0.1, 0.15) is 5.75 Å². The number of imide groups is 1. The summed E-state index contributed by atoms with van der Waals surface area (Å²) in [7, 11) is 1.53. The van der Waals surface area contributed by atoms with Crippen molar-refractivity contribution in [2.75, 3.05) is 13.9 Å². The normalized spacial score (nSPS) is 20.0. The highest BCUT2D eigenvalue weighted by Gasteiger charge is 2.32. The zero-order valence-corrected chi connectivity index (χ0v) is 11.1. The molecule has 2 aliphatic heterocycles. The topological polar surface area (TPSA) is 73.9 Å². The average molecular weight is 285 g/mol. The largest absolute Gasteiger partial charge is 0.467 e. The fraction of sp³-hybridized carbons (Fsp3) is 0.200. The number of hydrogen-bond donors (Lipinski definition) is 1. The number of nitrogens with one attached hydrogen (secondary N) is 1. The van der Waals surface area contributed by atoms with Gasteiger partial charge < -0.3 is 14.2 Å². The fourth-order valence-electron chi connectivity index (χ4n) is 2.88. The maximum absolute atomic E-state index is 12.1. The van der Waals surface area contributed by atoms with Crippen LogP contribution in [0.2, 0.25) is 0 Å². The number of rotatable bonds is 1. The molecule has 2 amide bonds. The molecule has 0 aliphatic carbocycles. The van der Waals surface area contributed by atoms with E-state index < -0.39 is 18.1 Å². The summed E-state index contributed by atoms with van der Waals surface area (Å²) < 4.78 is 16.2. The Labute approximate surface area is 119 Å². The lowest BCUT2D eigenvalue weighted by Crippen LogP contribution is -2.35. The van der Waals surface area contributed by atoms with Gasteiger partial charge in [-0.3, -0.25) is 14.9 Å². The van der Waals surface area contributed by atoms with E-state index in [-0.39, 0.29) is 6.79 Å². The minimum absolute atomic E-state index is 0.0523. The molecule has 6 nitrogen and oxygen atoms in total. The molecule has 1 unspecified atom stereocenters. The molecule has 4 rings (SSSR count). The van der Waals surface area contributed by atoms with E-state index in [4.69, 9.17) is 14.2 Å². The van der Waals surface area contributed by atoms with E-state index in [0.717, 1.165) is 5.39 Å². The van der Waals surface area contributed by atoms with Crippen LogP contribution in [0.25, 0.3) is 10.8 Å². The van der Waals surface area contributed by atoms with E-state index in [9.17, 15) is 9.59 Å². The van der Waals surface area contributed by atoms with Crippen LogP contribution in [-0.4, -0.2) is 25.7 Å². The lowest BCUT2D eigenvalue weighted by Gasteiger charge is -2.28. The van der Waals surface area contributed by atoms with Gasteiger partial charge in [-0.1, -0.05) is 12.1 Å². The van der Waals surface area contributed by atoms with Gasteiger partial charge in [-0.2, -0.15) is 0 Å². The highest BCUT2D eigenvalue weighted by Crippen LogP contribution is 2.41. The van der Waals surface area contributed by atoms with Crippen molar-refractivity contribution in [2.24, 2.45) is 0 Å². The van der Waals surface area contributed by atoms with Crippen LogP contribution in [0.1, 0.15) is 32.6 Å². The monoisotopic (exact) mass is 285 g/mol. The minimum atomic E-state index is -0.585. The first-order valence-electron chi connectivity index (χ1n) is 6.43. The number of amides is 2. The number of fused-ring (bicyclic) bond motifs is 2. The third-order valence-electron chi connectivity index (χ3n) is 3.76. The molecule has 1 N–H and O–H groups in total. The second kappa shape index (κ2) is 4.28. The van der Waals surface area contributed by atoms with Gasteiger partial charge in [0.05, 0.1) is 11.1 Å². The van der Waals surface area contributed by atoms with Gasteiger partial charge in [0, 0.05) is 18.1 Å². The summed E-state index contributed by atoms with van der Waals surface area (Å²) in [4.78, 5) is 24.0. The predicted octanol–water partition coefficient (Wildman–Crippen LogP) is 1.73. The van der Waals surface area contributed by atoms with Crippen LogP contribution in [0.4, 0.5) is 0 Å². The van der Waals surface area contributed by atoms with Crippen LogP contribution < -0.4 is 10.1 Å². The molecule has 0 spiro atoms. The molecule has 0 saturated carbocycles. The first kappa shape index (κ1) is 12.3. The Morgan fingerprint density at radius 3 is 2.86 bits per heavy atom. The van der Waals surface area contributed by atoms with E-state index >= 15 is 0 Å². The third kappa shape index (κ3) is 1.60. The molecule has 6 heteroatoms. The summed E-state index contributed by atoms with van der Waals surface area (Å²) >= 11 is 0. The van der Waals surface area contributed by atoms with Crippen molar-refractivity contribution in [2.45, 2.75) is 6.29 Å². The first-order valence-corrected chi connectivity index (χ1v) is 6.43. The van der Waals surface area contributed by atoms with Gasteiger partial charge in [0.15, 0.2) is 13.1 Å². The molecule has 1 atom stereocenters. The maximum Gasteiger partial charge on any atom is 0.258 e. The third-order valence-corrected chi connectivity index (χ3v) is 3.76. The van der Waals surface area contributed by atoms with Crippen molar-refractivity contribution >= 4 is 22.6 Å². The number of hydrogen-bond acceptors (Lipinski definition) is 5. The van der Waals surface area contributed by atoms with Crippen LogP contribution in [-0.2, 0) is 9.47 Å². The van der Waals surface area contributed by atoms with Gasteiger partial charge >= 0.3 is 0 Å². The highest BCUT2D eigenvalue weighted by atomic mass is 16.8. The lowest BCUT2D eigenvalue weighted by atomic mass is 9.91. The Bertz CT molecular complexity index is 798. The van der Waals surface area contributed by atoms with Crippen molar-refractivity contribution in [3.05, 3.63) is 41.0 Å². The van der Waals surface area contributed by atoms with Crippen LogP contribution in [0.15, 0.2) is 24.3 Å². The molecule has 0 radical (unpaired) electrons. The quantitative estimate of drug-likeness (QED) is 0.808. The molecule has 2 heterocycles. The van der Waals surface area contributed by atoms with E-state index in [2.05, 4.69) is 5.32 Å². The summed E-state index contributed by atoms with van der Waals surface area (Å²) in [6.07, 6.45) is -0.585. The van der Waals surface area contributed by atoms with Crippen LogP contribution in [0.5, 0.6) is 5.75 Å². The molecule has 0 bridgehead atoms. The van der Waals surface area contributed by atoms with Gasteiger partial charge in [-0.15, -0.1) is 0 Å². The molecule has 0 fully saturated rings. The van der Waals surface area contributed by atoms with E-state index in [0.29, 0.717) is 27.8 Å². The number of carbonyl (C=O) groups is 2. The molecular formula is C15H11NO5. The average Bonchev–Trinajstić information content (AvgIpc) is 2.51.